The van der Waals surface area contributed by atoms with Crippen LogP contribution in [-0.4, -0.2) is 14.8 Å². The van der Waals surface area contributed by atoms with Gasteiger partial charge in [-0.3, -0.25) is 0 Å². The van der Waals surface area contributed by atoms with Crippen LogP contribution in [0.4, 0.5) is 5.82 Å². The summed E-state index contributed by atoms with van der Waals surface area (Å²) in [5.74, 6) is 1.28. The molecule has 0 aliphatic carbocycles. The van der Waals surface area contributed by atoms with E-state index in [2.05, 4.69) is 10.1 Å². The predicted molar refractivity (Wildman–Crippen MR) is 50.5 cm³/mol. The van der Waals surface area contributed by atoms with E-state index in [9.17, 15) is 0 Å². The van der Waals surface area contributed by atoms with E-state index in [1.165, 1.54) is 0 Å². The van der Waals surface area contributed by atoms with Crippen molar-refractivity contribution in [2.24, 2.45) is 0 Å². The average Bonchev–Trinajstić information content (AvgIpc) is 2.53. The van der Waals surface area contributed by atoms with Crippen LogP contribution in [0.3, 0.4) is 0 Å². The summed E-state index contributed by atoms with van der Waals surface area (Å²) in [6, 6.07) is 5.63. The first-order valence-corrected chi connectivity index (χ1v) is 4.00. The molecule has 0 atom stereocenters. The van der Waals surface area contributed by atoms with E-state index in [1.807, 2.05) is 19.1 Å². The van der Waals surface area contributed by atoms with E-state index in [0.717, 1.165) is 11.4 Å². The lowest BCUT2D eigenvalue weighted by Crippen LogP contribution is -1.98. The second kappa shape index (κ2) is 2.90. The Morgan fingerprint density at radius 2 is 2.15 bits per heavy atom. The van der Waals surface area contributed by atoms with Gasteiger partial charge in [0, 0.05) is 18.5 Å². The molecule has 2 heterocycles. The first-order chi connectivity index (χ1) is 6.25. The number of nitrogens with two attached hydrogens (primary N) is 1. The summed E-state index contributed by atoms with van der Waals surface area (Å²) < 4.78 is 1.65. The Balaban J connectivity index is 2.41. The van der Waals surface area contributed by atoms with Gasteiger partial charge in [0.25, 0.3) is 0 Å². The first kappa shape index (κ1) is 7.79. The van der Waals surface area contributed by atoms with Crippen LogP contribution in [0.5, 0.6) is 0 Å². The monoisotopic (exact) mass is 174 g/mol. The molecule has 2 N–H and O–H groups in total. The van der Waals surface area contributed by atoms with Crippen LogP contribution < -0.4 is 5.73 Å². The minimum atomic E-state index is 0.502. The summed E-state index contributed by atoms with van der Waals surface area (Å²) in [5, 5.41) is 4.04. The SMILES string of the molecule is Cc1ccc(-n2ccc(N)n2)nc1. The maximum atomic E-state index is 5.49. The summed E-state index contributed by atoms with van der Waals surface area (Å²) in [4.78, 5) is 4.21. The first-order valence-electron chi connectivity index (χ1n) is 4.00. The van der Waals surface area contributed by atoms with Gasteiger partial charge in [-0.25, -0.2) is 9.67 Å². The Hall–Kier alpha value is -1.84. The van der Waals surface area contributed by atoms with Crippen molar-refractivity contribution in [2.45, 2.75) is 6.92 Å². The van der Waals surface area contributed by atoms with Crippen molar-refractivity contribution < 1.29 is 0 Å². The summed E-state index contributed by atoms with van der Waals surface area (Å²) in [5.41, 5.74) is 6.61. The molecule has 2 aromatic rings. The molecule has 4 nitrogen and oxygen atoms in total. The standard InChI is InChI=1S/C9H10N4/c1-7-2-3-9(11-6-7)13-5-4-8(10)12-13/h2-6H,1H3,(H2,10,12). The molecule has 0 bridgehead atoms. The van der Waals surface area contributed by atoms with E-state index in [4.69, 9.17) is 5.73 Å². The van der Waals surface area contributed by atoms with Crippen molar-refractivity contribution in [3.8, 4) is 5.82 Å². The van der Waals surface area contributed by atoms with E-state index in [1.54, 1.807) is 23.1 Å². The van der Waals surface area contributed by atoms with E-state index >= 15 is 0 Å². The molecular weight excluding hydrogens is 164 g/mol. The Kier molecular flexibility index (Phi) is 1.73. The molecular formula is C9H10N4. The third kappa shape index (κ3) is 1.51. The zero-order valence-corrected chi connectivity index (χ0v) is 7.31. The molecule has 0 aliphatic rings. The Labute approximate surface area is 76.0 Å². The maximum absolute atomic E-state index is 5.49. The second-order valence-corrected chi connectivity index (χ2v) is 2.88. The van der Waals surface area contributed by atoms with Gasteiger partial charge in [0.1, 0.15) is 5.82 Å². The minimum absolute atomic E-state index is 0.502. The predicted octanol–water partition coefficient (Wildman–Crippen LogP) is 1.16. The lowest BCUT2D eigenvalue weighted by Gasteiger charge is -1.99. The highest BCUT2D eigenvalue weighted by molar-refractivity contribution is 5.30. The largest absolute Gasteiger partial charge is 0.382 e. The Morgan fingerprint density at radius 3 is 2.69 bits per heavy atom. The number of pyridine rings is 1. The average molecular weight is 174 g/mol. The number of aromatic nitrogens is 3. The number of nitrogens with zero attached hydrogens (tertiary/aromatic N) is 3. The number of nitrogen functional groups attached to an aromatic ring is 1. The molecule has 2 aromatic heterocycles. The highest BCUT2D eigenvalue weighted by atomic mass is 15.3. The van der Waals surface area contributed by atoms with E-state index in [-0.39, 0.29) is 0 Å². The van der Waals surface area contributed by atoms with Crippen LogP contribution in [0.1, 0.15) is 5.56 Å². The Morgan fingerprint density at radius 1 is 1.31 bits per heavy atom. The molecule has 0 unspecified atom stereocenters. The van der Waals surface area contributed by atoms with Crippen LogP contribution in [-0.2, 0) is 0 Å². The van der Waals surface area contributed by atoms with Gasteiger partial charge in [0.15, 0.2) is 5.82 Å². The molecule has 2 rings (SSSR count). The number of hydrogen-bond donors (Lipinski definition) is 1. The van der Waals surface area contributed by atoms with Crippen molar-refractivity contribution in [3.63, 3.8) is 0 Å². The number of hydrogen-bond acceptors (Lipinski definition) is 3. The van der Waals surface area contributed by atoms with Gasteiger partial charge >= 0.3 is 0 Å². The van der Waals surface area contributed by atoms with Gasteiger partial charge in [-0.2, -0.15) is 0 Å². The summed E-state index contributed by atoms with van der Waals surface area (Å²) in [7, 11) is 0. The fraction of sp³-hybridized carbons (Fsp3) is 0.111. The number of anilines is 1. The summed E-state index contributed by atoms with van der Waals surface area (Å²) in [6.07, 6.45) is 3.58. The van der Waals surface area contributed by atoms with Crippen molar-refractivity contribution in [1.82, 2.24) is 14.8 Å². The normalized spacial score (nSPS) is 10.2. The van der Waals surface area contributed by atoms with Gasteiger partial charge in [-0.05, 0) is 18.6 Å². The molecule has 0 fully saturated rings. The van der Waals surface area contributed by atoms with Gasteiger partial charge in [-0.1, -0.05) is 6.07 Å². The summed E-state index contributed by atoms with van der Waals surface area (Å²) in [6.45, 7) is 1.99. The lowest BCUT2D eigenvalue weighted by atomic mass is 10.3. The van der Waals surface area contributed by atoms with Crippen LogP contribution in [0.25, 0.3) is 5.82 Å². The van der Waals surface area contributed by atoms with Crippen LogP contribution in [0, 0.1) is 6.92 Å². The van der Waals surface area contributed by atoms with Crippen molar-refractivity contribution in [3.05, 3.63) is 36.2 Å². The summed E-state index contributed by atoms with van der Waals surface area (Å²) >= 11 is 0. The van der Waals surface area contributed by atoms with Crippen LogP contribution in [0.2, 0.25) is 0 Å². The molecule has 13 heavy (non-hydrogen) atoms. The third-order valence-electron chi connectivity index (χ3n) is 1.74. The highest BCUT2D eigenvalue weighted by Crippen LogP contribution is 2.05. The molecule has 0 aromatic carbocycles. The van der Waals surface area contributed by atoms with Crippen LogP contribution in [0.15, 0.2) is 30.6 Å². The lowest BCUT2D eigenvalue weighted by molar-refractivity contribution is 0.850. The molecule has 0 amide bonds. The molecule has 0 aliphatic heterocycles. The van der Waals surface area contributed by atoms with E-state index < -0.39 is 0 Å². The van der Waals surface area contributed by atoms with Crippen LogP contribution >= 0.6 is 0 Å². The zero-order chi connectivity index (χ0) is 9.26. The molecule has 0 radical (unpaired) electrons. The molecule has 4 heteroatoms. The fourth-order valence-electron chi connectivity index (χ4n) is 1.06. The van der Waals surface area contributed by atoms with Gasteiger partial charge in [0.05, 0.1) is 0 Å². The topological polar surface area (TPSA) is 56.7 Å². The number of rotatable bonds is 1. The van der Waals surface area contributed by atoms with Gasteiger partial charge in [0.2, 0.25) is 0 Å². The highest BCUT2D eigenvalue weighted by Gasteiger charge is 1.98. The molecule has 0 saturated heterocycles. The van der Waals surface area contributed by atoms with E-state index in [0.29, 0.717) is 5.82 Å². The third-order valence-corrected chi connectivity index (χ3v) is 1.74. The smallest absolute Gasteiger partial charge is 0.153 e. The Bertz CT molecular complexity index is 402. The number of aryl methyl sites for hydroxylation is 1. The second-order valence-electron chi connectivity index (χ2n) is 2.88. The van der Waals surface area contributed by atoms with Crippen molar-refractivity contribution >= 4 is 5.82 Å². The molecule has 66 valence electrons. The van der Waals surface area contributed by atoms with Gasteiger partial charge < -0.3 is 5.73 Å². The van der Waals surface area contributed by atoms with Crippen molar-refractivity contribution in [2.75, 3.05) is 5.73 Å². The van der Waals surface area contributed by atoms with Gasteiger partial charge in [-0.15, -0.1) is 5.10 Å². The fourth-order valence-corrected chi connectivity index (χ4v) is 1.06. The minimum Gasteiger partial charge on any atom is -0.382 e. The maximum Gasteiger partial charge on any atom is 0.153 e. The molecule has 0 spiro atoms. The zero-order valence-electron chi connectivity index (χ0n) is 7.31. The molecule has 0 saturated carbocycles. The quantitative estimate of drug-likeness (QED) is 0.705. The van der Waals surface area contributed by atoms with Crippen molar-refractivity contribution in [1.29, 1.82) is 0 Å².